The highest BCUT2D eigenvalue weighted by Gasteiger charge is 2.30. The lowest BCUT2D eigenvalue weighted by Gasteiger charge is -2.41. The second-order valence-electron chi connectivity index (χ2n) is 6.53. The summed E-state index contributed by atoms with van der Waals surface area (Å²) in [5.41, 5.74) is 0. The molecule has 2 saturated heterocycles. The fraction of sp³-hybridized carbons (Fsp3) is 0.933. The number of likely N-dealkylation sites (N-methyl/N-ethyl adjacent to an activating group) is 1. The molecule has 114 valence electrons. The van der Waals surface area contributed by atoms with Crippen molar-refractivity contribution in [3.63, 3.8) is 0 Å². The van der Waals surface area contributed by atoms with Gasteiger partial charge in [-0.2, -0.15) is 0 Å². The zero-order valence-electron chi connectivity index (χ0n) is 12.8. The number of piperazine rings is 2. The Balaban J connectivity index is 1.46. The van der Waals surface area contributed by atoms with Crippen LogP contribution in [-0.2, 0) is 0 Å². The summed E-state index contributed by atoms with van der Waals surface area (Å²) < 4.78 is 0. The van der Waals surface area contributed by atoms with Crippen LogP contribution in [0.5, 0.6) is 0 Å². The molecule has 0 radical (unpaired) electrons. The molecule has 2 aliphatic heterocycles. The molecule has 1 aliphatic carbocycles. The molecule has 20 heavy (non-hydrogen) atoms. The van der Waals surface area contributed by atoms with Crippen LogP contribution in [0.2, 0.25) is 0 Å². The Hall–Kier alpha value is -0.810. The molecule has 3 fully saturated rings. The third kappa shape index (κ3) is 3.09. The van der Waals surface area contributed by atoms with Gasteiger partial charge in [-0.3, -0.25) is 4.90 Å². The maximum Gasteiger partial charge on any atom is 0.320 e. The van der Waals surface area contributed by atoms with E-state index in [0.29, 0.717) is 0 Å². The number of rotatable bonds is 1. The monoisotopic (exact) mass is 280 g/mol. The Bertz CT molecular complexity index is 327. The second-order valence-corrected chi connectivity index (χ2v) is 6.53. The van der Waals surface area contributed by atoms with Crippen LogP contribution in [0.4, 0.5) is 4.79 Å². The van der Waals surface area contributed by atoms with Gasteiger partial charge in [0.25, 0.3) is 0 Å². The Morgan fingerprint density at radius 1 is 0.800 bits per heavy atom. The van der Waals surface area contributed by atoms with Crippen molar-refractivity contribution in [1.29, 1.82) is 0 Å². The van der Waals surface area contributed by atoms with Gasteiger partial charge in [-0.15, -0.1) is 0 Å². The van der Waals surface area contributed by atoms with Crippen molar-refractivity contribution in [2.75, 3.05) is 59.4 Å². The number of carbonyl (C=O) groups is 1. The average molecular weight is 280 g/mol. The molecule has 0 bridgehead atoms. The minimum atomic E-state index is 0.268. The lowest BCUT2D eigenvalue weighted by molar-refractivity contribution is 0.0811. The summed E-state index contributed by atoms with van der Waals surface area (Å²) in [6.45, 7) is 7.77. The number of nitrogens with zero attached hydrogens (tertiary/aromatic N) is 4. The van der Waals surface area contributed by atoms with Gasteiger partial charge < -0.3 is 14.7 Å². The van der Waals surface area contributed by atoms with Gasteiger partial charge in [0.1, 0.15) is 0 Å². The van der Waals surface area contributed by atoms with Gasteiger partial charge in [0.15, 0.2) is 0 Å². The van der Waals surface area contributed by atoms with Crippen LogP contribution in [0.3, 0.4) is 0 Å². The van der Waals surface area contributed by atoms with Gasteiger partial charge in [0.2, 0.25) is 0 Å². The molecule has 0 aromatic heterocycles. The average Bonchev–Trinajstić information content (AvgIpc) is 3.02. The number of hydrogen-bond acceptors (Lipinski definition) is 3. The molecule has 0 spiro atoms. The fourth-order valence-electron chi connectivity index (χ4n) is 3.75. The molecule has 0 N–H and O–H groups in total. The van der Waals surface area contributed by atoms with Crippen LogP contribution in [0.25, 0.3) is 0 Å². The molecule has 2 heterocycles. The first-order valence-corrected chi connectivity index (χ1v) is 8.20. The zero-order chi connectivity index (χ0) is 13.9. The van der Waals surface area contributed by atoms with Crippen LogP contribution in [0.1, 0.15) is 25.7 Å². The van der Waals surface area contributed by atoms with Crippen molar-refractivity contribution in [3.05, 3.63) is 0 Å². The van der Waals surface area contributed by atoms with Crippen LogP contribution in [0, 0.1) is 0 Å². The van der Waals surface area contributed by atoms with Gasteiger partial charge in [-0.05, 0) is 19.9 Å². The summed E-state index contributed by atoms with van der Waals surface area (Å²) in [6, 6.07) is 1.07. The predicted molar refractivity (Wildman–Crippen MR) is 79.9 cm³/mol. The van der Waals surface area contributed by atoms with E-state index in [4.69, 9.17) is 0 Å². The van der Waals surface area contributed by atoms with E-state index in [1.807, 2.05) is 4.90 Å². The topological polar surface area (TPSA) is 30.0 Å². The molecule has 3 aliphatic rings. The van der Waals surface area contributed by atoms with Crippen LogP contribution in [0.15, 0.2) is 0 Å². The highest BCUT2D eigenvalue weighted by Crippen LogP contribution is 2.24. The highest BCUT2D eigenvalue weighted by atomic mass is 16.2. The first-order valence-electron chi connectivity index (χ1n) is 8.20. The summed E-state index contributed by atoms with van der Waals surface area (Å²) in [5, 5.41) is 0. The lowest BCUT2D eigenvalue weighted by Crippen LogP contribution is -2.57. The second kappa shape index (κ2) is 6.31. The van der Waals surface area contributed by atoms with Crippen molar-refractivity contribution in [2.45, 2.75) is 31.7 Å². The van der Waals surface area contributed by atoms with E-state index in [9.17, 15) is 4.79 Å². The van der Waals surface area contributed by atoms with Gasteiger partial charge in [-0.25, -0.2) is 4.79 Å². The molecule has 5 heteroatoms. The lowest BCUT2D eigenvalue weighted by atomic mass is 10.2. The maximum atomic E-state index is 12.5. The summed E-state index contributed by atoms with van der Waals surface area (Å²) in [7, 11) is 2.13. The summed E-state index contributed by atoms with van der Waals surface area (Å²) in [5.74, 6) is 0. The predicted octanol–water partition coefficient (Wildman–Crippen LogP) is 0.914. The van der Waals surface area contributed by atoms with Gasteiger partial charge in [0.05, 0.1) is 0 Å². The zero-order valence-corrected chi connectivity index (χ0v) is 12.8. The summed E-state index contributed by atoms with van der Waals surface area (Å²) in [6.07, 6.45) is 5.52. The van der Waals surface area contributed by atoms with E-state index in [1.165, 1.54) is 25.7 Å². The minimum Gasteiger partial charge on any atom is -0.322 e. The van der Waals surface area contributed by atoms with Crippen molar-refractivity contribution in [1.82, 2.24) is 19.6 Å². The first kappa shape index (κ1) is 14.1. The Labute approximate surface area is 122 Å². The third-order valence-electron chi connectivity index (χ3n) is 5.20. The van der Waals surface area contributed by atoms with E-state index in [1.54, 1.807) is 0 Å². The highest BCUT2D eigenvalue weighted by molar-refractivity contribution is 5.74. The van der Waals surface area contributed by atoms with E-state index in [0.717, 1.165) is 58.4 Å². The van der Waals surface area contributed by atoms with E-state index in [2.05, 4.69) is 21.7 Å². The van der Waals surface area contributed by atoms with E-state index >= 15 is 0 Å². The Morgan fingerprint density at radius 3 is 1.85 bits per heavy atom. The quantitative estimate of drug-likeness (QED) is 0.715. The number of carbonyl (C=O) groups excluding carboxylic acids is 1. The van der Waals surface area contributed by atoms with Gasteiger partial charge >= 0.3 is 6.03 Å². The largest absolute Gasteiger partial charge is 0.322 e. The standard InChI is InChI=1S/C15H28N4O/c1-16-6-8-18(9-7-16)15(20)19-12-10-17(11-13-19)14-4-2-3-5-14/h14H,2-13H2,1H3. The Kier molecular flexibility index (Phi) is 4.46. The third-order valence-corrected chi connectivity index (χ3v) is 5.20. The molecule has 0 aromatic carbocycles. The summed E-state index contributed by atoms with van der Waals surface area (Å²) >= 11 is 0. The molecule has 0 aromatic rings. The first-order chi connectivity index (χ1) is 9.74. The van der Waals surface area contributed by atoms with Gasteiger partial charge in [0, 0.05) is 58.4 Å². The van der Waals surface area contributed by atoms with Crippen molar-refractivity contribution < 1.29 is 4.79 Å². The number of amides is 2. The summed E-state index contributed by atoms with van der Waals surface area (Å²) in [4.78, 5) is 21.5. The number of urea groups is 1. The number of hydrogen-bond donors (Lipinski definition) is 0. The molecule has 5 nitrogen and oxygen atoms in total. The van der Waals surface area contributed by atoms with Crippen molar-refractivity contribution in [2.24, 2.45) is 0 Å². The molecule has 0 atom stereocenters. The molecule has 2 amide bonds. The molecular formula is C15H28N4O. The molecule has 1 saturated carbocycles. The van der Waals surface area contributed by atoms with E-state index < -0.39 is 0 Å². The Morgan fingerprint density at radius 2 is 1.30 bits per heavy atom. The minimum absolute atomic E-state index is 0.268. The maximum absolute atomic E-state index is 12.5. The molecular weight excluding hydrogens is 252 g/mol. The van der Waals surface area contributed by atoms with Crippen LogP contribution in [-0.4, -0.2) is 91.1 Å². The van der Waals surface area contributed by atoms with Crippen LogP contribution >= 0.6 is 0 Å². The van der Waals surface area contributed by atoms with Crippen molar-refractivity contribution >= 4 is 6.03 Å². The smallest absolute Gasteiger partial charge is 0.320 e. The van der Waals surface area contributed by atoms with E-state index in [-0.39, 0.29) is 6.03 Å². The SMILES string of the molecule is CN1CCN(C(=O)N2CCN(C3CCCC3)CC2)CC1. The van der Waals surface area contributed by atoms with Gasteiger partial charge in [-0.1, -0.05) is 12.8 Å². The fourth-order valence-corrected chi connectivity index (χ4v) is 3.75. The normalized spacial score (nSPS) is 27.2. The van der Waals surface area contributed by atoms with Crippen molar-refractivity contribution in [3.8, 4) is 0 Å². The molecule has 3 rings (SSSR count). The molecule has 0 unspecified atom stereocenters. The van der Waals surface area contributed by atoms with Crippen LogP contribution < -0.4 is 0 Å².